The molecule has 18 heavy (non-hydrogen) atoms. The van der Waals surface area contributed by atoms with Gasteiger partial charge < -0.3 is 5.32 Å². The number of hydrogen-bond donors (Lipinski definition) is 1. The van der Waals surface area contributed by atoms with Crippen molar-refractivity contribution in [3.63, 3.8) is 0 Å². The number of benzene rings is 1. The highest BCUT2D eigenvalue weighted by Gasteiger charge is 2.35. The molecule has 0 aromatic heterocycles. The molecule has 0 heterocycles. The molecule has 0 atom stereocenters. The third-order valence-corrected chi connectivity index (χ3v) is 5.51. The molecule has 1 saturated carbocycles. The number of hydrogen-bond acceptors (Lipinski definition) is 4. The van der Waals surface area contributed by atoms with Gasteiger partial charge >= 0.3 is 0 Å². The van der Waals surface area contributed by atoms with Crippen molar-refractivity contribution in [3.05, 3.63) is 32.8 Å². The fourth-order valence-corrected chi connectivity index (χ4v) is 3.49. The second-order valence-electron chi connectivity index (χ2n) is 4.52. The van der Waals surface area contributed by atoms with Gasteiger partial charge in [-0.3, -0.25) is 10.1 Å². The molecular formula is C12H15BrN2O2S. The maximum Gasteiger partial charge on any atom is 0.283 e. The van der Waals surface area contributed by atoms with Gasteiger partial charge in [0, 0.05) is 23.0 Å². The van der Waals surface area contributed by atoms with Crippen LogP contribution in [0, 0.1) is 10.1 Å². The lowest BCUT2D eigenvalue weighted by atomic mass is 9.84. The Balaban J connectivity index is 2.02. The SMILES string of the molecule is CSC1(CNc2ccc([N+](=O)[O-])c(Br)c2)CCC1. The highest BCUT2D eigenvalue weighted by atomic mass is 79.9. The van der Waals surface area contributed by atoms with Crippen LogP contribution in [0.3, 0.4) is 0 Å². The number of anilines is 1. The molecule has 1 aromatic carbocycles. The molecule has 0 bridgehead atoms. The Hall–Kier alpha value is -0.750. The number of nitrogens with zero attached hydrogens (tertiary/aromatic N) is 1. The Labute approximate surface area is 119 Å². The summed E-state index contributed by atoms with van der Waals surface area (Å²) in [5, 5.41) is 14.1. The standard InChI is InChI=1S/C12H15BrN2O2S/c1-18-12(5-2-6-12)8-14-9-3-4-11(15(16)17)10(13)7-9/h3-4,7,14H,2,5-6,8H2,1H3. The quantitative estimate of drug-likeness (QED) is 0.653. The summed E-state index contributed by atoms with van der Waals surface area (Å²) in [5.74, 6) is 0. The zero-order valence-corrected chi connectivity index (χ0v) is 12.5. The third-order valence-electron chi connectivity index (χ3n) is 3.46. The van der Waals surface area contributed by atoms with Crippen LogP contribution in [0.5, 0.6) is 0 Å². The van der Waals surface area contributed by atoms with E-state index in [1.165, 1.54) is 25.3 Å². The first-order valence-corrected chi connectivity index (χ1v) is 7.81. The van der Waals surface area contributed by atoms with Crippen LogP contribution in [-0.4, -0.2) is 22.5 Å². The van der Waals surface area contributed by atoms with Gasteiger partial charge in [-0.15, -0.1) is 0 Å². The fourth-order valence-electron chi connectivity index (χ4n) is 2.05. The first-order chi connectivity index (χ1) is 8.56. The maximum absolute atomic E-state index is 10.7. The lowest BCUT2D eigenvalue weighted by molar-refractivity contribution is -0.385. The van der Waals surface area contributed by atoms with Gasteiger partial charge in [0.05, 0.1) is 9.40 Å². The highest BCUT2D eigenvalue weighted by molar-refractivity contribution is 9.10. The van der Waals surface area contributed by atoms with Crippen molar-refractivity contribution in [1.82, 2.24) is 0 Å². The van der Waals surface area contributed by atoms with Crippen molar-refractivity contribution in [2.75, 3.05) is 18.1 Å². The van der Waals surface area contributed by atoms with E-state index in [1.807, 2.05) is 11.8 Å². The summed E-state index contributed by atoms with van der Waals surface area (Å²) in [6.45, 7) is 0.915. The average molecular weight is 331 g/mol. The minimum absolute atomic E-state index is 0.101. The zero-order chi connectivity index (χ0) is 13.2. The summed E-state index contributed by atoms with van der Waals surface area (Å²) in [4.78, 5) is 10.3. The van der Waals surface area contributed by atoms with Gasteiger partial charge in [0.15, 0.2) is 0 Å². The van der Waals surface area contributed by atoms with Gasteiger partial charge in [-0.2, -0.15) is 11.8 Å². The minimum Gasteiger partial charge on any atom is -0.384 e. The van der Waals surface area contributed by atoms with Gasteiger partial charge in [-0.25, -0.2) is 0 Å². The Morgan fingerprint density at radius 2 is 2.28 bits per heavy atom. The smallest absolute Gasteiger partial charge is 0.283 e. The summed E-state index contributed by atoms with van der Waals surface area (Å²) in [7, 11) is 0. The first-order valence-electron chi connectivity index (χ1n) is 5.79. The summed E-state index contributed by atoms with van der Waals surface area (Å²) >= 11 is 5.14. The molecular weight excluding hydrogens is 316 g/mol. The van der Waals surface area contributed by atoms with Crippen LogP contribution >= 0.6 is 27.7 Å². The Bertz CT molecular complexity index is 458. The molecule has 0 radical (unpaired) electrons. The number of nitro benzene ring substituents is 1. The van der Waals surface area contributed by atoms with E-state index in [0.717, 1.165) is 12.2 Å². The van der Waals surface area contributed by atoms with Gasteiger partial charge in [0.2, 0.25) is 0 Å². The van der Waals surface area contributed by atoms with Crippen LogP contribution in [0.1, 0.15) is 19.3 Å². The zero-order valence-electron chi connectivity index (χ0n) is 10.1. The average Bonchev–Trinajstić information content (AvgIpc) is 2.27. The van der Waals surface area contributed by atoms with Gasteiger partial charge in [0.1, 0.15) is 0 Å². The molecule has 0 spiro atoms. The number of nitro groups is 1. The normalized spacial score (nSPS) is 17.0. The predicted octanol–water partition coefficient (Wildman–Crippen LogP) is 4.05. The summed E-state index contributed by atoms with van der Waals surface area (Å²) in [6.07, 6.45) is 5.93. The number of thioether (sulfide) groups is 1. The lowest BCUT2D eigenvalue weighted by Gasteiger charge is -2.40. The van der Waals surface area contributed by atoms with E-state index in [0.29, 0.717) is 9.22 Å². The maximum atomic E-state index is 10.7. The van der Waals surface area contributed by atoms with Crippen LogP contribution in [0.2, 0.25) is 0 Å². The van der Waals surface area contributed by atoms with Crippen LogP contribution in [-0.2, 0) is 0 Å². The van der Waals surface area contributed by atoms with E-state index in [9.17, 15) is 10.1 Å². The Morgan fingerprint density at radius 1 is 1.56 bits per heavy atom. The summed E-state index contributed by atoms with van der Waals surface area (Å²) in [6, 6.07) is 5.05. The molecule has 98 valence electrons. The predicted molar refractivity (Wildman–Crippen MR) is 79.4 cm³/mol. The molecule has 0 aliphatic heterocycles. The van der Waals surface area contributed by atoms with Crippen molar-refractivity contribution >= 4 is 39.1 Å². The molecule has 1 aliphatic rings. The number of rotatable bonds is 5. The minimum atomic E-state index is -0.386. The monoisotopic (exact) mass is 330 g/mol. The molecule has 4 nitrogen and oxygen atoms in total. The van der Waals surface area contributed by atoms with Gasteiger partial charge in [-0.05, 0) is 47.2 Å². The van der Waals surface area contributed by atoms with Crippen LogP contribution in [0.15, 0.2) is 22.7 Å². The van der Waals surface area contributed by atoms with Crippen LogP contribution < -0.4 is 5.32 Å². The highest BCUT2D eigenvalue weighted by Crippen LogP contribution is 2.42. The largest absolute Gasteiger partial charge is 0.384 e. The molecule has 1 fully saturated rings. The second-order valence-corrected chi connectivity index (χ2v) is 6.65. The van der Waals surface area contributed by atoms with E-state index >= 15 is 0 Å². The van der Waals surface area contributed by atoms with E-state index in [4.69, 9.17) is 0 Å². The Morgan fingerprint density at radius 3 is 2.72 bits per heavy atom. The Kier molecular flexibility index (Phi) is 4.17. The first kappa shape index (κ1) is 13.7. The summed E-state index contributed by atoms with van der Waals surface area (Å²) < 4.78 is 0.873. The summed E-state index contributed by atoms with van der Waals surface area (Å²) in [5.41, 5.74) is 1.02. The van der Waals surface area contributed by atoms with E-state index in [-0.39, 0.29) is 10.6 Å². The van der Waals surface area contributed by atoms with Crippen molar-refractivity contribution in [3.8, 4) is 0 Å². The van der Waals surface area contributed by atoms with Gasteiger partial charge in [-0.1, -0.05) is 6.42 Å². The third kappa shape index (κ3) is 2.80. The lowest BCUT2D eigenvalue weighted by Crippen LogP contribution is -2.40. The molecule has 1 N–H and O–H groups in total. The molecule has 0 saturated heterocycles. The van der Waals surface area contributed by atoms with Crippen molar-refractivity contribution < 1.29 is 4.92 Å². The molecule has 0 unspecified atom stereocenters. The topological polar surface area (TPSA) is 55.2 Å². The molecule has 6 heteroatoms. The molecule has 1 aromatic rings. The molecule has 2 rings (SSSR count). The van der Waals surface area contributed by atoms with E-state index in [2.05, 4.69) is 27.5 Å². The molecule has 1 aliphatic carbocycles. The second kappa shape index (κ2) is 5.48. The van der Waals surface area contributed by atoms with E-state index < -0.39 is 0 Å². The van der Waals surface area contributed by atoms with Crippen molar-refractivity contribution in [1.29, 1.82) is 0 Å². The van der Waals surface area contributed by atoms with Crippen LogP contribution in [0.4, 0.5) is 11.4 Å². The van der Waals surface area contributed by atoms with Crippen LogP contribution in [0.25, 0.3) is 0 Å². The van der Waals surface area contributed by atoms with Gasteiger partial charge in [0.25, 0.3) is 5.69 Å². The van der Waals surface area contributed by atoms with Crippen molar-refractivity contribution in [2.24, 2.45) is 0 Å². The molecule has 0 amide bonds. The van der Waals surface area contributed by atoms with E-state index in [1.54, 1.807) is 12.1 Å². The fraction of sp³-hybridized carbons (Fsp3) is 0.500. The number of nitrogens with one attached hydrogen (secondary N) is 1. The number of halogens is 1. The van der Waals surface area contributed by atoms with Crippen molar-refractivity contribution in [2.45, 2.75) is 24.0 Å².